The zero-order valence-corrected chi connectivity index (χ0v) is 5.13. The Morgan fingerprint density at radius 2 is 1.75 bits per heavy atom. The number of nitrogens with zero attached hydrogens (tertiary/aromatic N) is 1. The van der Waals surface area contributed by atoms with E-state index >= 15 is 0 Å². The molecule has 0 spiro atoms. The smallest absolute Gasteiger partial charge is 0.283 e. The van der Waals surface area contributed by atoms with Crippen LogP contribution in [0.1, 0.15) is 13.8 Å². The molecule has 2 N–H and O–H groups in total. The van der Waals surface area contributed by atoms with Gasteiger partial charge in [-0.2, -0.15) is 5.26 Å². The first kappa shape index (κ1) is 10.3. The van der Waals surface area contributed by atoms with Gasteiger partial charge in [0.2, 0.25) is 0 Å². The predicted molar refractivity (Wildman–Crippen MR) is 29.5 cm³/mol. The molecule has 8 heavy (non-hydrogen) atoms. The number of nitriles is 1. The van der Waals surface area contributed by atoms with Crippen LogP contribution in [0.5, 0.6) is 0 Å². The van der Waals surface area contributed by atoms with Gasteiger partial charge in [-0.3, -0.25) is 0 Å². The fourth-order valence-electron chi connectivity index (χ4n) is 0. The van der Waals surface area contributed by atoms with Crippen LogP contribution in [0.25, 0.3) is 0 Å². The maximum Gasteiger partial charge on any atom is 0.283 e. The number of hydrogen-bond donors (Lipinski definition) is 2. The predicted octanol–water partition coefficient (Wildman–Crippen LogP) is 0.475. The minimum atomic E-state index is 0.306. The van der Waals surface area contributed by atoms with E-state index in [4.69, 9.17) is 15.5 Å². The van der Waals surface area contributed by atoms with Crippen molar-refractivity contribution in [2.45, 2.75) is 13.8 Å². The van der Waals surface area contributed by atoms with Gasteiger partial charge in [-0.15, -0.1) is 0 Å². The molecule has 0 aromatic heterocycles. The normalized spacial score (nSPS) is 6.88. The third-order valence-corrected chi connectivity index (χ3v) is 0.365. The van der Waals surface area contributed by atoms with Gasteiger partial charge < -0.3 is 10.2 Å². The maximum atomic E-state index is 8.14. The van der Waals surface area contributed by atoms with E-state index in [0.29, 0.717) is 12.5 Å². The lowest BCUT2D eigenvalue weighted by molar-refractivity contribution is 0.248. The standard InChI is InChI=1S/C4H10O.CHNO/c1-4(2)3-5;2-1-3/h4-5H,3H2,1-2H3;3H. The van der Waals surface area contributed by atoms with E-state index in [1.165, 1.54) is 0 Å². The molecule has 0 saturated heterocycles. The Bertz CT molecular complexity index is 65.3. The molecule has 0 aliphatic carbocycles. The van der Waals surface area contributed by atoms with Crippen molar-refractivity contribution < 1.29 is 10.2 Å². The molecule has 0 amide bonds. The van der Waals surface area contributed by atoms with Crippen LogP contribution in [0.4, 0.5) is 0 Å². The average Bonchev–Trinajstić information content (AvgIpc) is 1.69. The van der Waals surface area contributed by atoms with E-state index in [2.05, 4.69) is 0 Å². The van der Waals surface area contributed by atoms with Crippen LogP contribution in [-0.4, -0.2) is 16.8 Å². The van der Waals surface area contributed by atoms with Crippen LogP contribution in [0.15, 0.2) is 0 Å². The first-order valence-corrected chi connectivity index (χ1v) is 2.33. The third-order valence-electron chi connectivity index (χ3n) is 0.365. The van der Waals surface area contributed by atoms with E-state index in [-0.39, 0.29) is 0 Å². The monoisotopic (exact) mass is 117 g/mol. The van der Waals surface area contributed by atoms with Crippen molar-refractivity contribution in [1.82, 2.24) is 0 Å². The van der Waals surface area contributed by atoms with Crippen molar-refractivity contribution in [3.8, 4) is 6.26 Å². The molecule has 3 nitrogen and oxygen atoms in total. The second kappa shape index (κ2) is 9.54. The average molecular weight is 117 g/mol. The molecule has 0 aliphatic rings. The number of hydrogen-bond acceptors (Lipinski definition) is 3. The van der Waals surface area contributed by atoms with Crippen molar-refractivity contribution in [3.63, 3.8) is 0 Å². The quantitative estimate of drug-likeness (QED) is 0.491. The maximum absolute atomic E-state index is 8.14. The summed E-state index contributed by atoms with van der Waals surface area (Å²) in [5.74, 6) is 0.440. The summed E-state index contributed by atoms with van der Waals surface area (Å²) >= 11 is 0. The van der Waals surface area contributed by atoms with Crippen molar-refractivity contribution >= 4 is 0 Å². The van der Waals surface area contributed by atoms with E-state index in [0.717, 1.165) is 6.26 Å². The Morgan fingerprint density at radius 3 is 1.75 bits per heavy atom. The lowest BCUT2D eigenvalue weighted by Gasteiger charge is -1.90. The third kappa shape index (κ3) is 60.7. The van der Waals surface area contributed by atoms with Crippen molar-refractivity contribution in [1.29, 1.82) is 5.26 Å². The highest BCUT2D eigenvalue weighted by Gasteiger charge is 1.81. The van der Waals surface area contributed by atoms with E-state index < -0.39 is 0 Å². The highest BCUT2D eigenvalue weighted by Crippen LogP contribution is 1.83. The summed E-state index contributed by atoms with van der Waals surface area (Å²) in [6.45, 7) is 4.25. The van der Waals surface area contributed by atoms with Gasteiger partial charge in [0.05, 0.1) is 0 Å². The van der Waals surface area contributed by atoms with Crippen LogP contribution in [-0.2, 0) is 0 Å². The molecule has 0 heterocycles. The molecule has 0 saturated carbocycles. The Labute approximate surface area is 49.2 Å². The minimum Gasteiger partial charge on any atom is -0.443 e. The van der Waals surface area contributed by atoms with Gasteiger partial charge in [0.25, 0.3) is 6.26 Å². The summed E-state index contributed by atoms with van der Waals surface area (Å²) < 4.78 is 0. The summed E-state index contributed by atoms with van der Waals surface area (Å²) in [5, 5.41) is 21.9. The zero-order chi connectivity index (χ0) is 6.99. The molecule has 0 atom stereocenters. The molecule has 3 heteroatoms. The molecule has 0 rings (SSSR count). The first-order chi connectivity index (χ1) is 3.68. The van der Waals surface area contributed by atoms with Gasteiger partial charge in [-0.05, 0) is 5.92 Å². The second-order valence-electron chi connectivity index (χ2n) is 1.68. The van der Waals surface area contributed by atoms with Crippen LogP contribution in [0, 0.1) is 17.4 Å². The minimum absolute atomic E-state index is 0.306. The Kier molecular flexibility index (Phi) is 12.2. The van der Waals surface area contributed by atoms with Crippen LogP contribution >= 0.6 is 0 Å². The van der Waals surface area contributed by atoms with E-state index in [1.807, 2.05) is 13.8 Å². The summed E-state index contributed by atoms with van der Waals surface area (Å²) in [5.41, 5.74) is 0. The lowest BCUT2D eigenvalue weighted by Crippen LogP contribution is -1.90. The highest BCUT2D eigenvalue weighted by molar-refractivity contribution is 4.32. The highest BCUT2D eigenvalue weighted by atomic mass is 16.3. The van der Waals surface area contributed by atoms with Gasteiger partial charge in [-0.1, -0.05) is 13.8 Å². The Morgan fingerprint density at radius 1 is 1.62 bits per heavy atom. The molecular weight excluding hydrogens is 106 g/mol. The van der Waals surface area contributed by atoms with Gasteiger partial charge >= 0.3 is 0 Å². The Hall–Kier alpha value is -0.750. The van der Waals surface area contributed by atoms with Gasteiger partial charge in [0, 0.05) is 6.61 Å². The van der Waals surface area contributed by atoms with E-state index in [1.54, 1.807) is 0 Å². The van der Waals surface area contributed by atoms with Gasteiger partial charge in [0.15, 0.2) is 0 Å². The molecule has 0 bridgehead atoms. The summed E-state index contributed by atoms with van der Waals surface area (Å²) in [6.07, 6.45) is 0.750. The summed E-state index contributed by atoms with van der Waals surface area (Å²) in [6, 6.07) is 0. The number of aliphatic hydroxyl groups is 2. The summed E-state index contributed by atoms with van der Waals surface area (Å²) in [4.78, 5) is 0. The van der Waals surface area contributed by atoms with Gasteiger partial charge in [-0.25, -0.2) is 0 Å². The first-order valence-electron chi connectivity index (χ1n) is 2.33. The topological polar surface area (TPSA) is 64.2 Å². The molecule has 0 aliphatic heterocycles. The second-order valence-corrected chi connectivity index (χ2v) is 1.68. The molecular formula is C5H11NO2. The van der Waals surface area contributed by atoms with Crippen LogP contribution < -0.4 is 0 Å². The number of aliphatic hydroxyl groups excluding tert-OH is 2. The molecule has 0 aromatic carbocycles. The molecule has 0 unspecified atom stereocenters. The van der Waals surface area contributed by atoms with Crippen LogP contribution in [0.2, 0.25) is 0 Å². The Balaban J connectivity index is 0. The molecule has 0 radical (unpaired) electrons. The lowest BCUT2D eigenvalue weighted by atomic mass is 10.2. The molecule has 48 valence electrons. The van der Waals surface area contributed by atoms with E-state index in [9.17, 15) is 0 Å². The number of rotatable bonds is 1. The zero-order valence-electron chi connectivity index (χ0n) is 5.13. The largest absolute Gasteiger partial charge is 0.443 e. The molecule has 0 fully saturated rings. The van der Waals surface area contributed by atoms with Crippen LogP contribution in [0.3, 0.4) is 0 Å². The molecule has 0 aromatic rings. The van der Waals surface area contributed by atoms with Crippen molar-refractivity contribution in [2.75, 3.05) is 6.61 Å². The SMILES string of the molecule is CC(C)CO.N#CO. The van der Waals surface area contributed by atoms with Gasteiger partial charge in [0.1, 0.15) is 0 Å². The van der Waals surface area contributed by atoms with Crippen molar-refractivity contribution in [3.05, 3.63) is 0 Å². The van der Waals surface area contributed by atoms with Crippen molar-refractivity contribution in [2.24, 2.45) is 5.92 Å². The fourth-order valence-corrected chi connectivity index (χ4v) is 0. The fraction of sp³-hybridized carbons (Fsp3) is 0.800. The summed E-state index contributed by atoms with van der Waals surface area (Å²) in [7, 11) is 0.